The molecule has 0 heterocycles. The number of carbonyl (C=O) groups excluding carboxylic acids is 2. The third-order valence-electron chi connectivity index (χ3n) is 4.16. The Bertz CT molecular complexity index is 1010. The van der Waals surface area contributed by atoms with Gasteiger partial charge in [0.05, 0.1) is 18.0 Å². The van der Waals surface area contributed by atoms with Crippen LogP contribution in [-0.2, 0) is 14.4 Å². The number of nitrogens with one attached hydrogen (secondary N) is 2. The summed E-state index contributed by atoms with van der Waals surface area (Å²) in [4.78, 5) is 35.9. The smallest absolute Gasteiger partial charge is 0.328 e. The minimum Gasteiger partial charge on any atom is -0.495 e. The van der Waals surface area contributed by atoms with Crippen molar-refractivity contribution in [2.24, 2.45) is 0 Å². The van der Waals surface area contributed by atoms with Gasteiger partial charge in [-0.25, -0.2) is 4.79 Å². The van der Waals surface area contributed by atoms with Crippen LogP contribution in [0, 0.1) is 6.92 Å². The predicted molar refractivity (Wildman–Crippen MR) is 123 cm³/mol. The molecule has 0 aliphatic rings. The highest BCUT2D eigenvalue weighted by Gasteiger charge is 2.20. The number of carboxylic acids is 1. The Hall–Kier alpha value is -2.97. The van der Waals surface area contributed by atoms with E-state index >= 15 is 0 Å². The second-order valence-corrected chi connectivity index (χ2v) is 8.18. The van der Waals surface area contributed by atoms with Gasteiger partial charge in [-0.05, 0) is 43.2 Å². The molecule has 2 aromatic carbocycles. The fourth-order valence-corrected chi connectivity index (χ4v) is 3.77. The SMILES string of the molecule is CCC(Sc1cccc(NC(=O)/C=C/C(=O)O)c1)C(=O)Nc1cc(C)c(Cl)cc1OC. The second-order valence-electron chi connectivity index (χ2n) is 6.49. The lowest BCUT2D eigenvalue weighted by Gasteiger charge is -2.17. The van der Waals surface area contributed by atoms with E-state index in [-0.39, 0.29) is 5.91 Å². The number of anilines is 2. The summed E-state index contributed by atoms with van der Waals surface area (Å²) in [7, 11) is 1.51. The van der Waals surface area contributed by atoms with Crippen LogP contribution in [0.4, 0.5) is 11.4 Å². The minimum atomic E-state index is -1.20. The number of hydrogen-bond donors (Lipinski definition) is 3. The fraction of sp³-hybridized carbons (Fsp3) is 0.227. The summed E-state index contributed by atoms with van der Waals surface area (Å²) in [5, 5.41) is 14.2. The van der Waals surface area contributed by atoms with E-state index in [0.29, 0.717) is 28.6 Å². The van der Waals surface area contributed by atoms with Crippen LogP contribution in [0.2, 0.25) is 5.02 Å². The van der Waals surface area contributed by atoms with Crippen molar-refractivity contribution in [2.45, 2.75) is 30.4 Å². The molecule has 7 nitrogen and oxygen atoms in total. The Balaban J connectivity index is 2.11. The Kier molecular flexibility index (Phi) is 8.96. The Morgan fingerprint density at radius 3 is 2.58 bits per heavy atom. The lowest BCUT2D eigenvalue weighted by atomic mass is 10.2. The highest BCUT2D eigenvalue weighted by molar-refractivity contribution is 8.00. The van der Waals surface area contributed by atoms with Crippen LogP contribution < -0.4 is 15.4 Å². The average molecular weight is 463 g/mol. The van der Waals surface area contributed by atoms with Crippen molar-refractivity contribution in [3.8, 4) is 5.75 Å². The molecule has 0 bridgehead atoms. The summed E-state index contributed by atoms with van der Waals surface area (Å²) in [6, 6.07) is 10.4. The molecule has 3 N–H and O–H groups in total. The standard InChI is InChI=1S/C22H23ClN2O5S/c1-4-19(22(29)25-17-10-13(2)16(23)12-18(17)30-3)31-15-7-5-6-14(11-15)24-20(26)8-9-21(27)28/h5-12,19H,4H2,1-3H3,(H,24,26)(H,25,29)(H,27,28)/b9-8+. The van der Waals surface area contributed by atoms with Gasteiger partial charge < -0.3 is 20.5 Å². The Morgan fingerprint density at radius 2 is 1.94 bits per heavy atom. The number of ether oxygens (including phenoxy) is 1. The maximum absolute atomic E-state index is 12.9. The van der Waals surface area contributed by atoms with E-state index in [4.69, 9.17) is 21.4 Å². The molecule has 0 fully saturated rings. The molecule has 0 aliphatic carbocycles. The molecule has 0 saturated carbocycles. The molecule has 0 saturated heterocycles. The van der Waals surface area contributed by atoms with Gasteiger partial charge in [-0.15, -0.1) is 11.8 Å². The summed E-state index contributed by atoms with van der Waals surface area (Å²) in [6.45, 7) is 3.75. The fourth-order valence-electron chi connectivity index (χ4n) is 2.61. The zero-order chi connectivity index (χ0) is 23.0. The van der Waals surface area contributed by atoms with E-state index in [9.17, 15) is 14.4 Å². The molecule has 31 heavy (non-hydrogen) atoms. The highest BCUT2D eigenvalue weighted by Crippen LogP contribution is 2.33. The molecule has 0 aromatic heterocycles. The van der Waals surface area contributed by atoms with Crippen LogP contribution in [0.3, 0.4) is 0 Å². The summed E-state index contributed by atoms with van der Waals surface area (Å²) in [5.41, 5.74) is 1.86. The summed E-state index contributed by atoms with van der Waals surface area (Å²) < 4.78 is 5.31. The number of rotatable bonds is 9. The molecule has 1 atom stereocenters. The quantitative estimate of drug-likeness (QED) is 0.367. The van der Waals surface area contributed by atoms with Crippen molar-refractivity contribution in [3.05, 3.63) is 59.1 Å². The van der Waals surface area contributed by atoms with Gasteiger partial charge in [0, 0.05) is 33.8 Å². The lowest BCUT2D eigenvalue weighted by Crippen LogP contribution is -2.24. The first kappa shape index (κ1) is 24.3. The van der Waals surface area contributed by atoms with Crippen LogP contribution >= 0.6 is 23.4 Å². The zero-order valence-electron chi connectivity index (χ0n) is 17.3. The van der Waals surface area contributed by atoms with Crippen LogP contribution in [0.15, 0.2) is 53.4 Å². The zero-order valence-corrected chi connectivity index (χ0v) is 18.8. The first-order valence-electron chi connectivity index (χ1n) is 9.37. The molecule has 1 unspecified atom stereocenters. The summed E-state index contributed by atoms with van der Waals surface area (Å²) in [6.07, 6.45) is 2.27. The van der Waals surface area contributed by atoms with Gasteiger partial charge in [0.15, 0.2) is 0 Å². The van der Waals surface area contributed by atoms with Gasteiger partial charge >= 0.3 is 5.97 Å². The number of carbonyl (C=O) groups is 3. The van der Waals surface area contributed by atoms with Crippen molar-refractivity contribution < 1.29 is 24.2 Å². The summed E-state index contributed by atoms with van der Waals surface area (Å²) in [5.74, 6) is -1.47. The monoisotopic (exact) mass is 462 g/mol. The van der Waals surface area contributed by atoms with Crippen LogP contribution in [0.1, 0.15) is 18.9 Å². The molecule has 2 aromatic rings. The third-order valence-corrected chi connectivity index (χ3v) is 5.92. The lowest BCUT2D eigenvalue weighted by molar-refractivity contribution is -0.131. The normalized spacial score (nSPS) is 11.7. The van der Waals surface area contributed by atoms with Crippen molar-refractivity contribution in [1.82, 2.24) is 0 Å². The third kappa shape index (κ3) is 7.34. The van der Waals surface area contributed by atoms with E-state index in [2.05, 4.69) is 10.6 Å². The number of hydrogen-bond acceptors (Lipinski definition) is 5. The number of benzene rings is 2. The van der Waals surface area contributed by atoms with Crippen molar-refractivity contribution in [1.29, 1.82) is 0 Å². The number of amides is 2. The van der Waals surface area contributed by atoms with Crippen molar-refractivity contribution in [3.63, 3.8) is 0 Å². The van der Waals surface area contributed by atoms with Gasteiger partial charge in [-0.1, -0.05) is 24.6 Å². The topological polar surface area (TPSA) is 105 Å². The molecule has 9 heteroatoms. The number of thioether (sulfide) groups is 1. The maximum Gasteiger partial charge on any atom is 0.328 e. The average Bonchev–Trinajstić information content (AvgIpc) is 2.73. The Morgan fingerprint density at radius 1 is 1.19 bits per heavy atom. The predicted octanol–water partition coefficient (Wildman–Crippen LogP) is 4.75. The molecular weight excluding hydrogens is 440 g/mol. The van der Waals surface area contributed by atoms with Gasteiger partial charge in [0.25, 0.3) is 0 Å². The molecule has 2 amide bonds. The van der Waals surface area contributed by atoms with Gasteiger partial charge in [0.2, 0.25) is 11.8 Å². The Labute approximate surface area is 189 Å². The van der Waals surface area contributed by atoms with E-state index in [1.54, 1.807) is 30.3 Å². The first-order valence-corrected chi connectivity index (χ1v) is 10.6. The molecular formula is C22H23ClN2O5S. The number of aliphatic carboxylic acids is 1. The second kappa shape index (κ2) is 11.4. The number of halogens is 1. The van der Waals surface area contributed by atoms with Crippen molar-refractivity contribution in [2.75, 3.05) is 17.7 Å². The van der Waals surface area contributed by atoms with Crippen LogP contribution in [0.25, 0.3) is 0 Å². The number of carboxylic acid groups (broad SMARTS) is 1. The van der Waals surface area contributed by atoms with Crippen molar-refractivity contribution >= 4 is 52.5 Å². The molecule has 0 aliphatic heterocycles. The highest BCUT2D eigenvalue weighted by atomic mass is 35.5. The minimum absolute atomic E-state index is 0.189. The van der Waals surface area contributed by atoms with Gasteiger partial charge in [-0.3, -0.25) is 9.59 Å². The molecule has 0 radical (unpaired) electrons. The largest absolute Gasteiger partial charge is 0.495 e. The number of aryl methyl sites for hydroxylation is 1. The summed E-state index contributed by atoms with van der Waals surface area (Å²) >= 11 is 7.48. The first-order chi connectivity index (χ1) is 14.7. The van der Waals surface area contributed by atoms with E-state index in [1.165, 1.54) is 18.9 Å². The molecule has 164 valence electrons. The number of methoxy groups -OCH3 is 1. The molecule has 0 spiro atoms. The van der Waals surface area contributed by atoms with E-state index in [1.807, 2.05) is 19.9 Å². The van der Waals surface area contributed by atoms with Crippen LogP contribution in [0.5, 0.6) is 5.75 Å². The maximum atomic E-state index is 12.9. The van der Waals surface area contributed by atoms with E-state index < -0.39 is 17.1 Å². The van der Waals surface area contributed by atoms with Gasteiger partial charge in [-0.2, -0.15) is 0 Å². The van der Waals surface area contributed by atoms with Gasteiger partial charge in [0.1, 0.15) is 5.75 Å². The van der Waals surface area contributed by atoms with E-state index in [0.717, 1.165) is 22.6 Å². The van der Waals surface area contributed by atoms with Crippen LogP contribution in [-0.4, -0.2) is 35.2 Å². The molecule has 2 rings (SSSR count).